The van der Waals surface area contributed by atoms with Gasteiger partial charge in [0.2, 0.25) is 0 Å². The molecule has 64 valence electrons. The first-order valence-electron chi connectivity index (χ1n) is 4.06. The van der Waals surface area contributed by atoms with Crippen molar-refractivity contribution >= 4 is 11.6 Å². The molecule has 0 saturated carbocycles. The van der Waals surface area contributed by atoms with E-state index in [-0.39, 0.29) is 0 Å². The van der Waals surface area contributed by atoms with Crippen molar-refractivity contribution in [1.82, 2.24) is 4.98 Å². The molecule has 1 aromatic heterocycles. The van der Waals surface area contributed by atoms with Gasteiger partial charge in [-0.25, -0.2) is 0 Å². The third-order valence-electron chi connectivity index (χ3n) is 1.99. The van der Waals surface area contributed by atoms with E-state index in [0.29, 0.717) is 6.10 Å². The summed E-state index contributed by atoms with van der Waals surface area (Å²) in [5.74, 6) is 0. The molecule has 0 aliphatic carbocycles. The number of pyridine rings is 1. The van der Waals surface area contributed by atoms with E-state index in [4.69, 9.17) is 16.3 Å². The van der Waals surface area contributed by atoms with Crippen molar-refractivity contribution in [2.45, 2.75) is 18.9 Å². The van der Waals surface area contributed by atoms with Crippen molar-refractivity contribution in [3.63, 3.8) is 0 Å². The molecule has 1 aliphatic rings. The van der Waals surface area contributed by atoms with Crippen molar-refractivity contribution in [3.05, 3.63) is 29.0 Å². The normalized spacial score (nSPS) is 20.9. The van der Waals surface area contributed by atoms with E-state index in [9.17, 15) is 0 Å². The van der Waals surface area contributed by atoms with Gasteiger partial charge in [-0.15, -0.1) is 0 Å². The predicted octanol–water partition coefficient (Wildman–Crippen LogP) is 2.07. The van der Waals surface area contributed by atoms with Crippen molar-refractivity contribution < 1.29 is 4.74 Å². The Balaban J connectivity index is 1.96. The van der Waals surface area contributed by atoms with Crippen LogP contribution in [-0.2, 0) is 11.2 Å². The fourth-order valence-corrected chi connectivity index (χ4v) is 1.37. The Hall–Kier alpha value is -0.600. The number of epoxide rings is 1. The van der Waals surface area contributed by atoms with Gasteiger partial charge in [-0.3, -0.25) is 4.98 Å². The van der Waals surface area contributed by atoms with Crippen LogP contribution in [0, 0.1) is 0 Å². The molecular weight excluding hydrogens is 174 g/mol. The van der Waals surface area contributed by atoms with Crippen LogP contribution in [0.3, 0.4) is 0 Å². The average molecular weight is 184 g/mol. The highest BCUT2D eigenvalue weighted by Crippen LogP contribution is 2.20. The number of aromatic nitrogens is 1. The van der Waals surface area contributed by atoms with Gasteiger partial charge in [0.25, 0.3) is 0 Å². The number of aryl methyl sites for hydroxylation is 1. The lowest BCUT2D eigenvalue weighted by atomic mass is 10.1. The van der Waals surface area contributed by atoms with Crippen LogP contribution in [0.1, 0.15) is 12.0 Å². The van der Waals surface area contributed by atoms with Gasteiger partial charge in [-0.05, 0) is 24.5 Å². The van der Waals surface area contributed by atoms with Crippen molar-refractivity contribution in [3.8, 4) is 0 Å². The van der Waals surface area contributed by atoms with Crippen LogP contribution in [0.15, 0.2) is 18.5 Å². The lowest BCUT2D eigenvalue weighted by Crippen LogP contribution is -1.92. The molecule has 1 saturated heterocycles. The number of ether oxygens (including phenoxy) is 1. The van der Waals surface area contributed by atoms with Crippen molar-refractivity contribution in [2.24, 2.45) is 0 Å². The Morgan fingerprint density at radius 1 is 1.67 bits per heavy atom. The summed E-state index contributed by atoms with van der Waals surface area (Å²) in [7, 11) is 0. The molecule has 0 N–H and O–H groups in total. The summed E-state index contributed by atoms with van der Waals surface area (Å²) in [6.45, 7) is 0.919. The Labute approximate surface area is 76.5 Å². The van der Waals surface area contributed by atoms with E-state index >= 15 is 0 Å². The Morgan fingerprint density at radius 2 is 2.50 bits per heavy atom. The first-order chi connectivity index (χ1) is 5.86. The standard InChI is InChI=1S/C9H10ClNO/c10-9-5-11-4-3-7(9)1-2-8-6-12-8/h3-5,8H,1-2,6H2. The third-order valence-corrected chi connectivity index (χ3v) is 2.33. The fourth-order valence-electron chi connectivity index (χ4n) is 1.16. The monoisotopic (exact) mass is 183 g/mol. The first-order valence-corrected chi connectivity index (χ1v) is 4.44. The van der Waals surface area contributed by atoms with Gasteiger partial charge in [0.05, 0.1) is 17.7 Å². The van der Waals surface area contributed by atoms with Crippen LogP contribution >= 0.6 is 11.6 Å². The highest BCUT2D eigenvalue weighted by Gasteiger charge is 2.21. The lowest BCUT2D eigenvalue weighted by Gasteiger charge is -2.00. The summed E-state index contributed by atoms with van der Waals surface area (Å²) in [5, 5.41) is 0.762. The molecule has 0 radical (unpaired) electrons. The van der Waals surface area contributed by atoms with E-state index < -0.39 is 0 Å². The van der Waals surface area contributed by atoms with E-state index in [1.807, 2.05) is 6.07 Å². The number of hydrogen-bond acceptors (Lipinski definition) is 2. The van der Waals surface area contributed by atoms with Gasteiger partial charge >= 0.3 is 0 Å². The van der Waals surface area contributed by atoms with Crippen molar-refractivity contribution in [2.75, 3.05) is 6.61 Å². The lowest BCUT2D eigenvalue weighted by molar-refractivity contribution is 0.397. The van der Waals surface area contributed by atoms with Crippen LogP contribution in [0.2, 0.25) is 5.02 Å². The van der Waals surface area contributed by atoms with Crippen LogP contribution in [0.25, 0.3) is 0 Å². The Morgan fingerprint density at radius 3 is 3.17 bits per heavy atom. The number of hydrogen-bond donors (Lipinski definition) is 0. The number of rotatable bonds is 3. The topological polar surface area (TPSA) is 25.4 Å². The Bertz CT molecular complexity index is 273. The maximum absolute atomic E-state index is 5.92. The molecule has 0 aromatic carbocycles. The van der Waals surface area contributed by atoms with E-state index in [1.54, 1.807) is 12.4 Å². The fraction of sp³-hybridized carbons (Fsp3) is 0.444. The molecule has 1 unspecified atom stereocenters. The zero-order valence-corrected chi connectivity index (χ0v) is 7.42. The number of nitrogens with zero attached hydrogens (tertiary/aromatic N) is 1. The van der Waals surface area contributed by atoms with Gasteiger partial charge < -0.3 is 4.74 Å². The summed E-state index contributed by atoms with van der Waals surface area (Å²) in [6, 6.07) is 1.96. The average Bonchev–Trinajstić information content (AvgIpc) is 2.86. The molecule has 2 heterocycles. The summed E-state index contributed by atoms with van der Waals surface area (Å²) in [6.07, 6.45) is 6.00. The largest absolute Gasteiger partial charge is 0.373 e. The van der Waals surface area contributed by atoms with Crippen molar-refractivity contribution in [1.29, 1.82) is 0 Å². The quantitative estimate of drug-likeness (QED) is 0.671. The minimum absolute atomic E-state index is 0.481. The van der Waals surface area contributed by atoms with Crippen LogP contribution in [-0.4, -0.2) is 17.7 Å². The molecule has 1 atom stereocenters. The molecule has 0 spiro atoms. The molecule has 2 rings (SSSR count). The summed E-state index contributed by atoms with van der Waals surface area (Å²) < 4.78 is 5.11. The number of halogens is 1. The summed E-state index contributed by atoms with van der Waals surface area (Å²) in [5.41, 5.74) is 1.17. The second kappa shape index (κ2) is 3.42. The van der Waals surface area contributed by atoms with Gasteiger partial charge in [0.1, 0.15) is 0 Å². The SMILES string of the molecule is Clc1cnccc1CCC1CO1. The second-order valence-corrected chi connectivity index (χ2v) is 3.37. The van der Waals surface area contributed by atoms with E-state index in [0.717, 1.165) is 24.5 Å². The summed E-state index contributed by atoms with van der Waals surface area (Å²) >= 11 is 5.92. The zero-order chi connectivity index (χ0) is 8.39. The molecule has 3 heteroatoms. The zero-order valence-electron chi connectivity index (χ0n) is 6.66. The molecule has 2 nitrogen and oxygen atoms in total. The third kappa shape index (κ3) is 1.96. The molecular formula is C9H10ClNO. The van der Waals surface area contributed by atoms with Gasteiger partial charge in [0.15, 0.2) is 0 Å². The van der Waals surface area contributed by atoms with Crippen LogP contribution in [0.4, 0.5) is 0 Å². The molecule has 0 amide bonds. The predicted molar refractivity (Wildman–Crippen MR) is 47.3 cm³/mol. The minimum atomic E-state index is 0.481. The van der Waals surface area contributed by atoms with Crippen LogP contribution < -0.4 is 0 Å². The van der Waals surface area contributed by atoms with Crippen LogP contribution in [0.5, 0.6) is 0 Å². The van der Waals surface area contributed by atoms with Gasteiger partial charge in [-0.2, -0.15) is 0 Å². The maximum atomic E-state index is 5.92. The van der Waals surface area contributed by atoms with E-state index in [1.165, 1.54) is 5.56 Å². The first kappa shape index (κ1) is 8.02. The summed E-state index contributed by atoms with van der Waals surface area (Å²) in [4.78, 5) is 3.92. The molecule has 0 bridgehead atoms. The Kier molecular flexibility index (Phi) is 2.28. The van der Waals surface area contributed by atoms with E-state index in [2.05, 4.69) is 4.98 Å². The molecule has 1 fully saturated rings. The maximum Gasteiger partial charge on any atom is 0.0813 e. The van der Waals surface area contributed by atoms with Gasteiger partial charge in [0, 0.05) is 12.4 Å². The highest BCUT2D eigenvalue weighted by molar-refractivity contribution is 6.31. The smallest absolute Gasteiger partial charge is 0.0813 e. The highest BCUT2D eigenvalue weighted by atomic mass is 35.5. The minimum Gasteiger partial charge on any atom is -0.373 e. The molecule has 1 aliphatic heterocycles. The second-order valence-electron chi connectivity index (χ2n) is 2.96. The molecule has 1 aromatic rings. The molecule has 12 heavy (non-hydrogen) atoms. The van der Waals surface area contributed by atoms with Gasteiger partial charge in [-0.1, -0.05) is 11.6 Å².